The Labute approximate surface area is 227 Å². The third-order valence-corrected chi connectivity index (χ3v) is 6.48. The first-order chi connectivity index (χ1) is 18.0. The first-order valence-corrected chi connectivity index (χ1v) is 12.7. The minimum Gasteiger partial charge on any atom is -0.349 e. The summed E-state index contributed by atoms with van der Waals surface area (Å²) in [4.78, 5) is 33.3. The van der Waals surface area contributed by atoms with E-state index in [9.17, 15) is 9.59 Å². The highest BCUT2D eigenvalue weighted by molar-refractivity contribution is 6.30. The molecule has 0 aliphatic rings. The zero-order chi connectivity index (χ0) is 26.0. The molecule has 0 aliphatic heterocycles. The van der Waals surface area contributed by atoms with Crippen molar-refractivity contribution in [2.24, 2.45) is 0 Å². The molecular formula is C30H27Cl2N3O2. The normalized spacial score (nSPS) is 11.5. The second kappa shape index (κ2) is 13.0. The van der Waals surface area contributed by atoms with Crippen LogP contribution in [0.15, 0.2) is 103 Å². The lowest BCUT2D eigenvalue weighted by molar-refractivity contribution is -0.140. The minimum absolute atomic E-state index is 0.142. The number of nitrogens with one attached hydrogen (secondary N) is 1. The Morgan fingerprint density at radius 3 is 2.00 bits per heavy atom. The van der Waals surface area contributed by atoms with E-state index in [-0.39, 0.29) is 31.3 Å². The van der Waals surface area contributed by atoms with Gasteiger partial charge in [0.25, 0.3) is 0 Å². The number of rotatable bonds is 10. The van der Waals surface area contributed by atoms with E-state index in [0.717, 1.165) is 22.4 Å². The van der Waals surface area contributed by atoms with Crippen molar-refractivity contribution in [1.82, 2.24) is 15.2 Å². The van der Waals surface area contributed by atoms with Crippen molar-refractivity contribution in [3.05, 3.63) is 136 Å². The molecule has 37 heavy (non-hydrogen) atoms. The average molecular weight is 532 g/mol. The Morgan fingerprint density at radius 1 is 0.757 bits per heavy atom. The topological polar surface area (TPSA) is 62.3 Å². The van der Waals surface area contributed by atoms with Gasteiger partial charge in [0.2, 0.25) is 11.8 Å². The van der Waals surface area contributed by atoms with Crippen molar-refractivity contribution in [3.63, 3.8) is 0 Å². The second-order valence-electron chi connectivity index (χ2n) is 8.70. The van der Waals surface area contributed by atoms with Crippen LogP contribution in [0.3, 0.4) is 0 Å². The van der Waals surface area contributed by atoms with Crippen molar-refractivity contribution in [3.8, 4) is 0 Å². The summed E-state index contributed by atoms with van der Waals surface area (Å²) in [6.07, 6.45) is 2.20. The number of halogens is 2. The summed E-state index contributed by atoms with van der Waals surface area (Å²) < 4.78 is 0. The Bertz CT molecular complexity index is 1300. The summed E-state index contributed by atoms with van der Waals surface area (Å²) in [5.74, 6) is -0.404. The van der Waals surface area contributed by atoms with Gasteiger partial charge in [0.05, 0.1) is 18.7 Å². The Kier molecular flexibility index (Phi) is 9.30. The molecule has 0 bridgehead atoms. The molecule has 3 aromatic carbocycles. The zero-order valence-corrected chi connectivity index (χ0v) is 21.7. The lowest BCUT2D eigenvalue weighted by atomic mass is 10.0. The minimum atomic E-state index is -0.735. The molecule has 4 aromatic rings. The Balaban J connectivity index is 1.64. The van der Waals surface area contributed by atoms with Gasteiger partial charge in [-0.2, -0.15) is 0 Å². The fraction of sp³-hybridized carbons (Fsp3) is 0.167. The van der Waals surface area contributed by atoms with Gasteiger partial charge in [0.15, 0.2) is 0 Å². The summed E-state index contributed by atoms with van der Waals surface area (Å²) >= 11 is 12.1. The van der Waals surface area contributed by atoms with Gasteiger partial charge in [-0.1, -0.05) is 83.9 Å². The summed E-state index contributed by atoms with van der Waals surface area (Å²) in [5.41, 5.74) is 3.40. The van der Waals surface area contributed by atoms with Crippen molar-refractivity contribution >= 4 is 35.0 Å². The molecule has 1 N–H and O–H groups in total. The molecule has 7 heteroatoms. The molecule has 4 rings (SSSR count). The lowest BCUT2D eigenvalue weighted by Gasteiger charge is -2.31. The number of carbonyl (C=O) groups is 2. The SMILES string of the molecule is O=C(NCc1ccccn1)[C@H](Cc1ccccc1)N(Cc1ccc(Cl)cc1)C(=O)Cc1ccc(Cl)cc1. The largest absolute Gasteiger partial charge is 0.349 e. The molecule has 0 spiro atoms. The maximum atomic E-state index is 13.8. The number of carbonyl (C=O) groups excluding carboxylic acids is 2. The number of aromatic nitrogens is 1. The summed E-state index contributed by atoms with van der Waals surface area (Å²) in [6.45, 7) is 0.531. The first-order valence-electron chi connectivity index (χ1n) is 12.0. The van der Waals surface area contributed by atoms with Crippen LogP contribution in [0.1, 0.15) is 22.4 Å². The standard InChI is InChI=1S/C30H27Cl2N3O2/c31-25-13-9-23(10-14-25)19-29(36)35(21-24-11-15-26(32)16-12-24)28(18-22-6-2-1-3-7-22)30(37)34-20-27-8-4-5-17-33-27/h1-17,28H,18-21H2,(H,34,37)/t28-/m0/s1. The summed E-state index contributed by atoms with van der Waals surface area (Å²) in [6, 6.07) is 29.0. The predicted octanol–water partition coefficient (Wildman–Crippen LogP) is 5.89. The van der Waals surface area contributed by atoms with E-state index in [2.05, 4.69) is 10.3 Å². The highest BCUT2D eigenvalue weighted by Crippen LogP contribution is 2.19. The molecule has 2 amide bonds. The molecule has 0 aliphatic carbocycles. The number of nitrogens with zero attached hydrogens (tertiary/aromatic N) is 2. The molecule has 1 aromatic heterocycles. The number of pyridine rings is 1. The zero-order valence-electron chi connectivity index (χ0n) is 20.2. The van der Waals surface area contributed by atoms with E-state index in [1.807, 2.05) is 72.8 Å². The fourth-order valence-electron chi connectivity index (χ4n) is 4.02. The van der Waals surface area contributed by atoms with Crippen molar-refractivity contribution in [1.29, 1.82) is 0 Å². The third-order valence-electron chi connectivity index (χ3n) is 5.98. The first kappa shape index (κ1) is 26.4. The van der Waals surface area contributed by atoms with Crippen LogP contribution in [-0.4, -0.2) is 27.7 Å². The molecule has 5 nitrogen and oxygen atoms in total. The van der Waals surface area contributed by atoms with Gasteiger partial charge in [0.1, 0.15) is 6.04 Å². The van der Waals surface area contributed by atoms with E-state index in [1.54, 1.807) is 35.4 Å². The van der Waals surface area contributed by atoms with Crippen molar-refractivity contribution in [2.75, 3.05) is 0 Å². The quantitative estimate of drug-likeness (QED) is 0.277. The maximum absolute atomic E-state index is 13.8. The van der Waals surface area contributed by atoms with Gasteiger partial charge in [-0.25, -0.2) is 0 Å². The van der Waals surface area contributed by atoms with Crippen LogP contribution in [0.2, 0.25) is 10.0 Å². The van der Waals surface area contributed by atoms with Crippen LogP contribution >= 0.6 is 23.2 Å². The Morgan fingerprint density at radius 2 is 1.38 bits per heavy atom. The fourth-order valence-corrected chi connectivity index (χ4v) is 4.27. The van der Waals surface area contributed by atoms with Crippen molar-refractivity contribution in [2.45, 2.75) is 32.0 Å². The number of amides is 2. The molecule has 0 fully saturated rings. The van der Waals surface area contributed by atoms with Gasteiger partial charge in [-0.15, -0.1) is 0 Å². The van der Waals surface area contributed by atoms with E-state index < -0.39 is 6.04 Å². The Hall–Kier alpha value is -3.67. The van der Waals surface area contributed by atoms with Gasteiger partial charge in [-0.3, -0.25) is 14.6 Å². The number of benzene rings is 3. The summed E-state index contributed by atoms with van der Waals surface area (Å²) in [7, 11) is 0. The van der Waals surface area contributed by atoms with E-state index >= 15 is 0 Å². The van der Waals surface area contributed by atoms with Crippen LogP contribution < -0.4 is 5.32 Å². The van der Waals surface area contributed by atoms with Crippen molar-refractivity contribution < 1.29 is 9.59 Å². The molecule has 1 atom stereocenters. The maximum Gasteiger partial charge on any atom is 0.243 e. The highest BCUT2D eigenvalue weighted by Gasteiger charge is 2.30. The van der Waals surface area contributed by atoms with Crippen LogP contribution in [0.25, 0.3) is 0 Å². The van der Waals surface area contributed by atoms with E-state index in [0.29, 0.717) is 16.5 Å². The van der Waals surface area contributed by atoms with Gasteiger partial charge < -0.3 is 10.2 Å². The second-order valence-corrected chi connectivity index (χ2v) is 9.57. The molecular weight excluding hydrogens is 505 g/mol. The van der Waals surface area contributed by atoms with Gasteiger partial charge in [-0.05, 0) is 53.1 Å². The van der Waals surface area contributed by atoms with Crippen LogP contribution in [0.4, 0.5) is 0 Å². The number of hydrogen-bond acceptors (Lipinski definition) is 3. The van der Waals surface area contributed by atoms with Crippen LogP contribution in [-0.2, 0) is 35.5 Å². The van der Waals surface area contributed by atoms with E-state index in [1.165, 1.54) is 0 Å². The number of hydrogen-bond donors (Lipinski definition) is 1. The van der Waals surface area contributed by atoms with Gasteiger partial charge in [0, 0.05) is 29.2 Å². The highest BCUT2D eigenvalue weighted by atomic mass is 35.5. The smallest absolute Gasteiger partial charge is 0.243 e. The molecule has 188 valence electrons. The predicted molar refractivity (Wildman–Crippen MR) is 147 cm³/mol. The molecule has 0 saturated carbocycles. The average Bonchev–Trinajstić information content (AvgIpc) is 2.92. The van der Waals surface area contributed by atoms with E-state index in [4.69, 9.17) is 23.2 Å². The van der Waals surface area contributed by atoms with Gasteiger partial charge >= 0.3 is 0 Å². The van der Waals surface area contributed by atoms with Crippen LogP contribution in [0, 0.1) is 0 Å². The molecule has 0 saturated heterocycles. The third kappa shape index (κ3) is 7.91. The molecule has 1 heterocycles. The molecule has 0 radical (unpaired) electrons. The lowest BCUT2D eigenvalue weighted by Crippen LogP contribution is -2.50. The van der Waals surface area contributed by atoms with Crippen LogP contribution in [0.5, 0.6) is 0 Å². The summed E-state index contributed by atoms with van der Waals surface area (Å²) in [5, 5.41) is 4.20. The monoisotopic (exact) mass is 531 g/mol. The molecule has 0 unspecified atom stereocenters.